The van der Waals surface area contributed by atoms with E-state index in [1.165, 1.54) is 23.0 Å². The fourth-order valence-corrected chi connectivity index (χ4v) is 3.37. The summed E-state index contributed by atoms with van der Waals surface area (Å²) < 4.78 is 28.0. The Hall–Kier alpha value is -3.64. The van der Waals surface area contributed by atoms with E-state index in [1.54, 1.807) is 24.3 Å². The Bertz CT molecular complexity index is 1160. The van der Waals surface area contributed by atoms with Gasteiger partial charge in [-0.3, -0.25) is 5.32 Å². The highest BCUT2D eigenvalue weighted by atomic mass is 32.2. The van der Waals surface area contributed by atoms with Crippen LogP contribution in [0.15, 0.2) is 59.6 Å². The van der Waals surface area contributed by atoms with E-state index in [-0.39, 0.29) is 16.3 Å². The number of nitrogens with zero attached hydrogens (tertiary/aromatic N) is 3. The molecule has 0 aliphatic rings. The van der Waals surface area contributed by atoms with Gasteiger partial charge in [0.05, 0.1) is 16.8 Å². The van der Waals surface area contributed by atoms with E-state index >= 15 is 0 Å². The average molecular weight is 395 g/mol. The van der Waals surface area contributed by atoms with Crippen LogP contribution in [0.2, 0.25) is 0 Å². The predicted octanol–water partition coefficient (Wildman–Crippen LogP) is 2.87. The van der Waals surface area contributed by atoms with Gasteiger partial charge in [0.2, 0.25) is 0 Å². The van der Waals surface area contributed by atoms with Crippen molar-refractivity contribution in [1.29, 1.82) is 5.26 Å². The number of aromatic nitrogens is 2. The quantitative estimate of drug-likeness (QED) is 0.704. The molecule has 8 nitrogen and oxygen atoms in total. The summed E-state index contributed by atoms with van der Waals surface area (Å²) in [4.78, 5) is 12.3. The molecule has 28 heavy (non-hydrogen) atoms. The van der Waals surface area contributed by atoms with Gasteiger partial charge in [0, 0.05) is 0 Å². The molecule has 3 rings (SSSR count). The molecule has 0 spiro atoms. The number of hydrogen-bond donors (Lipinski definition) is 2. The first-order chi connectivity index (χ1) is 13.3. The van der Waals surface area contributed by atoms with Crippen LogP contribution < -0.4 is 10.0 Å². The van der Waals surface area contributed by atoms with Crippen molar-refractivity contribution >= 4 is 21.9 Å². The van der Waals surface area contributed by atoms with Crippen molar-refractivity contribution in [2.45, 2.75) is 18.7 Å². The molecule has 0 fully saturated rings. The van der Waals surface area contributed by atoms with Gasteiger partial charge in [-0.25, -0.2) is 22.6 Å². The minimum absolute atomic E-state index is 0.0409. The molecule has 142 valence electrons. The Morgan fingerprint density at radius 2 is 1.61 bits per heavy atom. The number of aryl methyl sites for hydroxylation is 2. The number of carbonyl (C=O) groups is 1. The zero-order valence-corrected chi connectivity index (χ0v) is 16.0. The molecule has 2 aromatic carbocycles. The highest BCUT2D eigenvalue weighted by Gasteiger charge is 2.20. The van der Waals surface area contributed by atoms with E-state index in [1.807, 2.05) is 36.8 Å². The lowest BCUT2D eigenvalue weighted by Crippen LogP contribution is -2.35. The normalized spacial score (nSPS) is 10.9. The second-order valence-electron chi connectivity index (χ2n) is 6.14. The van der Waals surface area contributed by atoms with Gasteiger partial charge in [-0.15, -0.1) is 0 Å². The summed E-state index contributed by atoms with van der Waals surface area (Å²) in [6, 6.07) is 14.3. The number of amides is 2. The molecule has 0 atom stereocenters. The summed E-state index contributed by atoms with van der Waals surface area (Å²) in [5.74, 6) is 0.0722. The van der Waals surface area contributed by atoms with Crippen molar-refractivity contribution in [3.8, 4) is 11.8 Å². The van der Waals surface area contributed by atoms with Crippen molar-refractivity contribution in [2.24, 2.45) is 0 Å². The van der Waals surface area contributed by atoms with E-state index < -0.39 is 16.1 Å². The van der Waals surface area contributed by atoms with Crippen molar-refractivity contribution < 1.29 is 13.2 Å². The Labute approximate surface area is 162 Å². The zero-order valence-electron chi connectivity index (χ0n) is 15.2. The van der Waals surface area contributed by atoms with Crippen LogP contribution in [-0.4, -0.2) is 24.2 Å². The molecule has 1 aromatic heterocycles. The standard InChI is InChI=1S/C19H17N5O3S/c1-13-3-7-16(8-4-13)24-18(15(11-20)12-21-24)22-19(25)23-28(26,27)17-9-5-14(2)6-10-17/h3-10,12H,1-2H3,(H2,22,23,25). The molecule has 0 bridgehead atoms. The Balaban J connectivity index is 1.86. The first-order valence-electron chi connectivity index (χ1n) is 8.26. The fourth-order valence-electron chi connectivity index (χ4n) is 2.46. The summed E-state index contributed by atoms with van der Waals surface area (Å²) >= 11 is 0. The monoisotopic (exact) mass is 395 g/mol. The van der Waals surface area contributed by atoms with Crippen LogP contribution in [0.25, 0.3) is 5.69 Å². The number of hydrogen-bond acceptors (Lipinski definition) is 5. The van der Waals surface area contributed by atoms with Gasteiger partial charge in [-0.2, -0.15) is 10.4 Å². The van der Waals surface area contributed by atoms with E-state index in [2.05, 4.69) is 10.4 Å². The van der Waals surface area contributed by atoms with Crippen LogP contribution in [0.3, 0.4) is 0 Å². The highest BCUT2D eigenvalue weighted by Crippen LogP contribution is 2.20. The second-order valence-corrected chi connectivity index (χ2v) is 7.82. The van der Waals surface area contributed by atoms with E-state index in [9.17, 15) is 18.5 Å². The van der Waals surface area contributed by atoms with Gasteiger partial charge < -0.3 is 0 Å². The molecule has 3 aromatic rings. The largest absolute Gasteiger partial charge is 0.334 e. The minimum atomic E-state index is -4.06. The lowest BCUT2D eigenvalue weighted by molar-refractivity contribution is 0.256. The molecule has 0 saturated heterocycles. The van der Waals surface area contributed by atoms with Gasteiger partial charge in [-0.05, 0) is 38.1 Å². The number of urea groups is 1. The van der Waals surface area contributed by atoms with Gasteiger partial charge in [-0.1, -0.05) is 35.4 Å². The molecule has 2 N–H and O–H groups in total. The van der Waals surface area contributed by atoms with Gasteiger partial charge >= 0.3 is 6.03 Å². The van der Waals surface area contributed by atoms with Crippen molar-refractivity contribution in [3.63, 3.8) is 0 Å². The van der Waals surface area contributed by atoms with Gasteiger partial charge in [0.15, 0.2) is 5.82 Å². The summed E-state index contributed by atoms with van der Waals surface area (Å²) in [7, 11) is -4.06. The van der Waals surface area contributed by atoms with Crippen molar-refractivity contribution in [2.75, 3.05) is 5.32 Å². The van der Waals surface area contributed by atoms with E-state index in [0.29, 0.717) is 5.69 Å². The summed E-state index contributed by atoms with van der Waals surface area (Å²) in [6.07, 6.45) is 1.30. The number of anilines is 1. The molecule has 0 aliphatic heterocycles. The number of rotatable bonds is 4. The molecular weight excluding hydrogens is 378 g/mol. The van der Waals surface area contributed by atoms with E-state index in [0.717, 1.165) is 11.1 Å². The van der Waals surface area contributed by atoms with Crippen LogP contribution >= 0.6 is 0 Å². The Morgan fingerprint density at radius 1 is 1.04 bits per heavy atom. The first-order valence-corrected chi connectivity index (χ1v) is 9.74. The topological polar surface area (TPSA) is 117 Å². The van der Waals surface area contributed by atoms with Crippen molar-refractivity contribution in [1.82, 2.24) is 14.5 Å². The smallest absolute Gasteiger partial charge is 0.290 e. The Morgan fingerprint density at radius 3 is 2.18 bits per heavy atom. The third-order valence-electron chi connectivity index (χ3n) is 3.96. The molecule has 2 amide bonds. The molecule has 0 unspecified atom stereocenters. The van der Waals surface area contributed by atoms with Crippen LogP contribution in [0.4, 0.5) is 10.6 Å². The summed E-state index contributed by atoms with van der Waals surface area (Å²) in [5.41, 5.74) is 2.64. The van der Waals surface area contributed by atoms with E-state index in [4.69, 9.17) is 0 Å². The summed E-state index contributed by atoms with van der Waals surface area (Å²) in [5, 5.41) is 15.8. The maximum absolute atomic E-state index is 12.4. The lowest BCUT2D eigenvalue weighted by Gasteiger charge is -2.11. The first kappa shape index (κ1) is 19.1. The molecule has 0 saturated carbocycles. The molecule has 0 radical (unpaired) electrons. The van der Waals surface area contributed by atoms with Crippen LogP contribution in [0.1, 0.15) is 16.7 Å². The fraction of sp³-hybridized carbons (Fsp3) is 0.105. The number of benzene rings is 2. The lowest BCUT2D eigenvalue weighted by atomic mass is 10.2. The maximum Gasteiger partial charge on any atom is 0.334 e. The highest BCUT2D eigenvalue weighted by molar-refractivity contribution is 7.90. The number of carbonyl (C=O) groups excluding carboxylic acids is 1. The summed E-state index contributed by atoms with van der Waals surface area (Å²) in [6.45, 7) is 3.75. The Kier molecular flexibility index (Phi) is 5.15. The minimum Gasteiger partial charge on any atom is -0.290 e. The number of nitriles is 1. The SMILES string of the molecule is Cc1ccc(-n2ncc(C#N)c2NC(=O)NS(=O)(=O)c2ccc(C)cc2)cc1. The maximum atomic E-state index is 12.4. The average Bonchev–Trinajstić information content (AvgIpc) is 3.04. The van der Waals surface area contributed by atoms with Crippen molar-refractivity contribution in [3.05, 3.63) is 71.4 Å². The van der Waals surface area contributed by atoms with Gasteiger partial charge in [0.25, 0.3) is 10.0 Å². The molecular formula is C19H17N5O3S. The number of nitrogens with one attached hydrogen (secondary N) is 2. The molecule has 9 heteroatoms. The van der Waals surface area contributed by atoms with Gasteiger partial charge in [0.1, 0.15) is 11.6 Å². The van der Waals surface area contributed by atoms with Crippen LogP contribution in [-0.2, 0) is 10.0 Å². The second kappa shape index (κ2) is 7.54. The van der Waals surface area contributed by atoms with Crippen LogP contribution in [0.5, 0.6) is 0 Å². The third-order valence-corrected chi connectivity index (χ3v) is 5.31. The zero-order chi connectivity index (χ0) is 20.3. The number of sulfonamides is 1. The predicted molar refractivity (Wildman–Crippen MR) is 104 cm³/mol. The van der Waals surface area contributed by atoms with Crippen LogP contribution in [0, 0.1) is 25.2 Å². The third kappa shape index (κ3) is 4.02. The molecule has 0 aliphatic carbocycles. The molecule has 1 heterocycles.